The summed E-state index contributed by atoms with van der Waals surface area (Å²) in [5.74, 6) is 0. The van der Waals surface area contributed by atoms with E-state index in [1.165, 1.54) is 16.7 Å². The van der Waals surface area contributed by atoms with Gasteiger partial charge in [0, 0.05) is 18.3 Å². The fourth-order valence-electron chi connectivity index (χ4n) is 2.46. The van der Waals surface area contributed by atoms with Crippen LogP contribution in [0.3, 0.4) is 0 Å². The first-order chi connectivity index (χ1) is 9.78. The SMILES string of the molecule is CCCn1cc(C(NCC)c2ccc(CC)cc2)cn1. The van der Waals surface area contributed by atoms with E-state index in [1.807, 2.05) is 10.9 Å². The first kappa shape index (κ1) is 14.8. The summed E-state index contributed by atoms with van der Waals surface area (Å²) < 4.78 is 2.03. The zero-order valence-corrected chi connectivity index (χ0v) is 12.8. The first-order valence-corrected chi connectivity index (χ1v) is 7.63. The third kappa shape index (κ3) is 3.48. The Morgan fingerprint density at radius 2 is 1.85 bits per heavy atom. The molecule has 1 heterocycles. The average Bonchev–Trinajstić information content (AvgIpc) is 2.94. The maximum atomic E-state index is 4.44. The molecule has 0 aliphatic rings. The maximum absolute atomic E-state index is 4.44. The predicted molar refractivity (Wildman–Crippen MR) is 83.9 cm³/mol. The number of aryl methyl sites for hydroxylation is 2. The Hall–Kier alpha value is -1.61. The fraction of sp³-hybridized carbons (Fsp3) is 0.471. The van der Waals surface area contributed by atoms with E-state index in [0.717, 1.165) is 25.9 Å². The molecule has 0 radical (unpaired) electrons. The normalized spacial score (nSPS) is 12.6. The Morgan fingerprint density at radius 1 is 1.10 bits per heavy atom. The smallest absolute Gasteiger partial charge is 0.0607 e. The molecule has 2 rings (SSSR count). The minimum atomic E-state index is 0.233. The van der Waals surface area contributed by atoms with Crippen LogP contribution in [0.15, 0.2) is 36.7 Å². The standard InChI is InChI=1S/C17H25N3/c1-4-11-20-13-16(12-19-20)17(18-6-3)15-9-7-14(5-2)8-10-15/h7-10,12-13,17-18H,4-6,11H2,1-3H3. The third-order valence-corrected chi connectivity index (χ3v) is 3.57. The molecule has 1 atom stereocenters. The second-order valence-electron chi connectivity index (χ2n) is 5.12. The molecule has 2 aromatic rings. The number of aromatic nitrogens is 2. The highest BCUT2D eigenvalue weighted by Gasteiger charge is 2.14. The van der Waals surface area contributed by atoms with Crippen molar-refractivity contribution in [2.75, 3.05) is 6.54 Å². The van der Waals surface area contributed by atoms with Gasteiger partial charge in [-0.05, 0) is 30.5 Å². The number of nitrogens with one attached hydrogen (secondary N) is 1. The van der Waals surface area contributed by atoms with E-state index >= 15 is 0 Å². The largest absolute Gasteiger partial charge is 0.306 e. The minimum Gasteiger partial charge on any atom is -0.306 e. The van der Waals surface area contributed by atoms with E-state index in [-0.39, 0.29) is 6.04 Å². The van der Waals surface area contributed by atoms with Crippen LogP contribution in [0.5, 0.6) is 0 Å². The van der Waals surface area contributed by atoms with Gasteiger partial charge in [-0.25, -0.2) is 0 Å². The lowest BCUT2D eigenvalue weighted by atomic mass is 9.99. The van der Waals surface area contributed by atoms with E-state index in [9.17, 15) is 0 Å². The second-order valence-corrected chi connectivity index (χ2v) is 5.12. The van der Waals surface area contributed by atoms with E-state index in [0.29, 0.717) is 0 Å². The summed E-state index contributed by atoms with van der Waals surface area (Å²) in [5.41, 5.74) is 3.93. The van der Waals surface area contributed by atoms with Crippen molar-refractivity contribution in [1.82, 2.24) is 15.1 Å². The topological polar surface area (TPSA) is 29.9 Å². The van der Waals surface area contributed by atoms with Gasteiger partial charge < -0.3 is 5.32 Å². The molecule has 0 fully saturated rings. The van der Waals surface area contributed by atoms with Gasteiger partial charge in [-0.1, -0.05) is 45.0 Å². The van der Waals surface area contributed by atoms with Crippen LogP contribution in [0, 0.1) is 0 Å². The van der Waals surface area contributed by atoms with Gasteiger partial charge in [-0.2, -0.15) is 5.10 Å². The molecule has 0 saturated carbocycles. The highest BCUT2D eigenvalue weighted by molar-refractivity contribution is 5.31. The van der Waals surface area contributed by atoms with Crippen molar-refractivity contribution in [2.24, 2.45) is 0 Å². The molecular weight excluding hydrogens is 246 g/mol. The molecule has 1 aromatic carbocycles. The summed E-state index contributed by atoms with van der Waals surface area (Å²) in [7, 11) is 0. The molecule has 1 N–H and O–H groups in total. The molecule has 108 valence electrons. The fourth-order valence-corrected chi connectivity index (χ4v) is 2.46. The van der Waals surface area contributed by atoms with Crippen LogP contribution in [-0.4, -0.2) is 16.3 Å². The zero-order valence-electron chi connectivity index (χ0n) is 12.8. The molecule has 3 heteroatoms. The Morgan fingerprint density at radius 3 is 2.45 bits per heavy atom. The van der Waals surface area contributed by atoms with Gasteiger partial charge in [0.2, 0.25) is 0 Å². The quantitative estimate of drug-likeness (QED) is 0.834. The molecule has 0 aliphatic carbocycles. The van der Waals surface area contributed by atoms with Crippen molar-refractivity contribution in [3.8, 4) is 0 Å². The van der Waals surface area contributed by atoms with Crippen LogP contribution >= 0.6 is 0 Å². The van der Waals surface area contributed by atoms with Crippen molar-refractivity contribution in [3.63, 3.8) is 0 Å². The molecule has 20 heavy (non-hydrogen) atoms. The maximum Gasteiger partial charge on any atom is 0.0607 e. The Balaban J connectivity index is 2.23. The van der Waals surface area contributed by atoms with Gasteiger partial charge in [0.1, 0.15) is 0 Å². The summed E-state index contributed by atoms with van der Waals surface area (Å²) in [6, 6.07) is 9.12. The van der Waals surface area contributed by atoms with E-state index in [4.69, 9.17) is 0 Å². The second kappa shape index (κ2) is 7.25. The van der Waals surface area contributed by atoms with Crippen molar-refractivity contribution < 1.29 is 0 Å². The molecule has 0 spiro atoms. The van der Waals surface area contributed by atoms with E-state index in [1.54, 1.807) is 0 Å². The van der Waals surface area contributed by atoms with Gasteiger partial charge in [0.05, 0.1) is 12.2 Å². The van der Waals surface area contributed by atoms with Crippen LogP contribution in [0.2, 0.25) is 0 Å². The average molecular weight is 271 g/mol. The molecule has 0 saturated heterocycles. The third-order valence-electron chi connectivity index (χ3n) is 3.57. The molecule has 1 unspecified atom stereocenters. The Labute approximate surface area is 122 Å². The van der Waals surface area contributed by atoms with Gasteiger partial charge >= 0.3 is 0 Å². The summed E-state index contributed by atoms with van der Waals surface area (Å²) >= 11 is 0. The van der Waals surface area contributed by atoms with Crippen LogP contribution < -0.4 is 5.32 Å². The molecule has 3 nitrogen and oxygen atoms in total. The van der Waals surface area contributed by atoms with Crippen molar-refractivity contribution in [1.29, 1.82) is 0 Å². The number of hydrogen-bond donors (Lipinski definition) is 1. The molecule has 0 amide bonds. The summed E-state index contributed by atoms with van der Waals surface area (Å²) in [6.45, 7) is 8.43. The lowest BCUT2D eigenvalue weighted by Gasteiger charge is -2.17. The highest BCUT2D eigenvalue weighted by Crippen LogP contribution is 2.22. The number of benzene rings is 1. The Bertz CT molecular complexity index is 513. The monoisotopic (exact) mass is 271 g/mol. The van der Waals surface area contributed by atoms with Gasteiger partial charge in [0.15, 0.2) is 0 Å². The summed E-state index contributed by atoms with van der Waals surface area (Å²) in [5, 5.41) is 8.00. The molecule has 0 aliphatic heterocycles. The van der Waals surface area contributed by atoms with E-state index < -0.39 is 0 Å². The molecule has 0 bridgehead atoms. The van der Waals surface area contributed by atoms with Crippen molar-refractivity contribution >= 4 is 0 Å². The minimum absolute atomic E-state index is 0.233. The van der Waals surface area contributed by atoms with Crippen molar-refractivity contribution in [3.05, 3.63) is 53.3 Å². The Kier molecular flexibility index (Phi) is 5.36. The van der Waals surface area contributed by atoms with Gasteiger partial charge in [-0.3, -0.25) is 4.68 Å². The predicted octanol–water partition coefficient (Wildman–Crippen LogP) is 3.55. The highest BCUT2D eigenvalue weighted by atomic mass is 15.3. The van der Waals surface area contributed by atoms with Crippen LogP contribution in [0.1, 0.15) is 49.9 Å². The zero-order chi connectivity index (χ0) is 14.4. The molecule has 1 aromatic heterocycles. The number of nitrogens with zero attached hydrogens (tertiary/aromatic N) is 2. The van der Waals surface area contributed by atoms with Gasteiger partial charge in [-0.15, -0.1) is 0 Å². The van der Waals surface area contributed by atoms with E-state index in [2.05, 4.69) is 61.6 Å². The van der Waals surface area contributed by atoms with Crippen LogP contribution in [0.4, 0.5) is 0 Å². The first-order valence-electron chi connectivity index (χ1n) is 7.63. The van der Waals surface area contributed by atoms with Crippen LogP contribution in [0.25, 0.3) is 0 Å². The van der Waals surface area contributed by atoms with Crippen LogP contribution in [-0.2, 0) is 13.0 Å². The molecular formula is C17H25N3. The lowest BCUT2D eigenvalue weighted by Crippen LogP contribution is -2.21. The number of rotatable bonds is 7. The summed E-state index contributed by atoms with van der Waals surface area (Å²) in [6.07, 6.45) is 6.33. The van der Waals surface area contributed by atoms with Crippen molar-refractivity contribution in [2.45, 2.75) is 46.2 Å². The lowest BCUT2D eigenvalue weighted by molar-refractivity contribution is 0.597. The number of hydrogen-bond acceptors (Lipinski definition) is 2. The van der Waals surface area contributed by atoms with Gasteiger partial charge in [0.25, 0.3) is 0 Å². The summed E-state index contributed by atoms with van der Waals surface area (Å²) in [4.78, 5) is 0.